The normalized spacial score (nSPS) is 20.6. The van der Waals surface area contributed by atoms with E-state index >= 15 is 0 Å². The van der Waals surface area contributed by atoms with E-state index in [1.807, 2.05) is 11.8 Å². The number of nitrogens with one attached hydrogen (secondary N) is 1. The number of hydrogen-bond acceptors (Lipinski definition) is 4. The van der Waals surface area contributed by atoms with Gasteiger partial charge in [0, 0.05) is 32.7 Å². The lowest BCUT2D eigenvalue weighted by molar-refractivity contribution is -0.131. The van der Waals surface area contributed by atoms with Gasteiger partial charge in [-0.05, 0) is 26.3 Å². The molecule has 112 valence electrons. The predicted molar refractivity (Wildman–Crippen MR) is 77.0 cm³/mol. The van der Waals surface area contributed by atoms with Crippen LogP contribution in [0.3, 0.4) is 0 Å². The molecular weight excluding hydrogens is 242 g/mol. The zero-order valence-corrected chi connectivity index (χ0v) is 12.8. The van der Waals surface area contributed by atoms with E-state index in [4.69, 9.17) is 0 Å². The maximum atomic E-state index is 12.0. The van der Waals surface area contributed by atoms with E-state index in [1.165, 1.54) is 0 Å². The molecule has 1 saturated heterocycles. The minimum atomic E-state index is -0.740. The Kier molecular flexibility index (Phi) is 6.23. The average molecular weight is 271 g/mol. The Morgan fingerprint density at radius 3 is 2.42 bits per heavy atom. The largest absolute Gasteiger partial charge is 0.389 e. The molecule has 1 aliphatic rings. The van der Waals surface area contributed by atoms with Crippen LogP contribution < -0.4 is 5.32 Å². The SMILES string of the molecule is CC(C)CC(C)(O)CNCC(=O)N1CCN(C)CC1. The lowest BCUT2D eigenvalue weighted by Gasteiger charge is -2.33. The van der Waals surface area contributed by atoms with E-state index in [9.17, 15) is 9.90 Å². The van der Waals surface area contributed by atoms with Gasteiger partial charge in [-0.3, -0.25) is 4.79 Å². The average Bonchev–Trinajstić information content (AvgIpc) is 2.27. The Hall–Kier alpha value is -0.650. The van der Waals surface area contributed by atoms with Crippen LogP contribution >= 0.6 is 0 Å². The smallest absolute Gasteiger partial charge is 0.236 e. The van der Waals surface area contributed by atoms with Crippen molar-refractivity contribution in [2.75, 3.05) is 46.3 Å². The predicted octanol–water partition coefficient (Wildman–Crippen LogP) is 0.147. The molecule has 1 rings (SSSR count). The summed E-state index contributed by atoms with van der Waals surface area (Å²) < 4.78 is 0. The summed E-state index contributed by atoms with van der Waals surface area (Å²) in [5.74, 6) is 0.582. The second-order valence-corrected chi connectivity index (χ2v) is 6.38. The van der Waals surface area contributed by atoms with E-state index in [1.54, 1.807) is 0 Å². The van der Waals surface area contributed by atoms with Crippen LogP contribution in [0.25, 0.3) is 0 Å². The molecule has 1 heterocycles. The molecule has 5 heteroatoms. The maximum absolute atomic E-state index is 12.0. The van der Waals surface area contributed by atoms with Crippen molar-refractivity contribution in [3.05, 3.63) is 0 Å². The Morgan fingerprint density at radius 1 is 1.32 bits per heavy atom. The van der Waals surface area contributed by atoms with Crippen LogP contribution in [-0.4, -0.2) is 72.7 Å². The number of carbonyl (C=O) groups is 1. The minimum absolute atomic E-state index is 0.133. The number of piperazine rings is 1. The molecule has 0 radical (unpaired) electrons. The standard InChI is InChI=1S/C14H29N3O2/c1-12(2)9-14(3,19)11-15-10-13(18)17-7-5-16(4)6-8-17/h12,15,19H,5-11H2,1-4H3. The van der Waals surface area contributed by atoms with E-state index < -0.39 is 5.60 Å². The number of rotatable bonds is 6. The highest BCUT2D eigenvalue weighted by Crippen LogP contribution is 2.14. The van der Waals surface area contributed by atoms with Gasteiger partial charge in [0.1, 0.15) is 0 Å². The molecule has 1 aliphatic heterocycles. The van der Waals surface area contributed by atoms with Gasteiger partial charge in [-0.1, -0.05) is 13.8 Å². The summed E-state index contributed by atoms with van der Waals surface area (Å²) in [6.45, 7) is 10.3. The van der Waals surface area contributed by atoms with Crippen molar-refractivity contribution in [2.45, 2.75) is 32.8 Å². The van der Waals surface area contributed by atoms with Gasteiger partial charge in [-0.25, -0.2) is 0 Å². The van der Waals surface area contributed by atoms with Crippen molar-refractivity contribution in [2.24, 2.45) is 5.92 Å². The second-order valence-electron chi connectivity index (χ2n) is 6.38. The van der Waals surface area contributed by atoms with Crippen LogP contribution in [0.5, 0.6) is 0 Å². The van der Waals surface area contributed by atoms with Crippen molar-refractivity contribution < 1.29 is 9.90 Å². The number of carbonyl (C=O) groups excluding carboxylic acids is 1. The van der Waals surface area contributed by atoms with Crippen LogP contribution in [0, 0.1) is 5.92 Å². The summed E-state index contributed by atoms with van der Waals surface area (Å²) in [5.41, 5.74) is -0.740. The highest BCUT2D eigenvalue weighted by atomic mass is 16.3. The lowest BCUT2D eigenvalue weighted by Crippen LogP contribution is -2.50. The molecule has 1 atom stereocenters. The fraction of sp³-hybridized carbons (Fsp3) is 0.929. The highest BCUT2D eigenvalue weighted by Gasteiger charge is 2.23. The van der Waals surface area contributed by atoms with Gasteiger partial charge in [0.25, 0.3) is 0 Å². The third-order valence-corrected chi connectivity index (χ3v) is 3.49. The Morgan fingerprint density at radius 2 is 1.89 bits per heavy atom. The van der Waals surface area contributed by atoms with Gasteiger partial charge in [-0.2, -0.15) is 0 Å². The molecular formula is C14H29N3O2. The molecule has 0 aliphatic carbocycles. The zero-order valence-electron chi connectivity index (χ0n) is 12.8. The molecule has 0 aromatic carbocycles. The summed E-state index contributed by atoms with van der Waals surface area (Å²) in [7, 11) is 2.07. The van der Waals surface area contributed by atoms with Crippen LogP contribution in [0.15, 0.2) is 0 Å². The summed E-state index contributed by atoms with van der Waals surface area (Å²) in [5, 5.41) is 13.2. The molecule has 0 aromatic rings. The monoisotopic (exact) mass is 271 g/mol. The van der Waals surface area contributed by atoms with Crippen molar-refractivity contribution in [3.8, 4) is 0 Å². The number of nitrogens with zero attached hydrogens (tertiary/aromatic N) is 2. The number of aliphatic hydroxyl groups is 1. The van der Waals surface area contributed by atoms with E-state index in [0.717, 1.165) is 32.6 Å². The Labute approximate surface area is 117 Å². The molecule has 0 spiro atoms. The number of amides is 1. The molecule has 2 N–H and O–H groups in total. The van der Waals surface area contributed by atoms with Gasteiger partial charge in [0.05, 0.1) is 12.1 Å². The summed E-state index contributed by atoms with van der Waals surface area (Å²) in [6.07, 6.45) is 0.739. The first-order valence-electron chi connectivity index (χ1n) is 7.19. The Balaban J connectivity index is 2.23. The summed E-state index contributed by atoms with van der Waals surface area (Å²) >= 11 is 0. The van der Waals surface area contributed by atoms with E-state index in [0.29, 0.717) is 19.0 Å². The van der Waals surface area contributed by atoms with Gasteiger partial charge < -0.3 is 20.2 Å². The van der Waals surface area contributed by atoms with E-state index in [2.05, 4.69) is 31.1 Å². The van der Waals surface area contributed by atoms with Crippen LogP contribution in [0.4, 0.5) is 0 Å². The lowest BCUT2D eigenvalue weighted by atomic mass is 9.94. The first-order chi connectivity index (χ1) is 8.80. The van der Waals surface area contributed by atoms with Gasteiger partial charge in [0.2, 0.25) is 5.91 Å². The zero-order chi connectivity index (χ0) is 14.5. The quantitative estimate of drug-likeness (QED) is 0.722. The molecule has 1 amide bonds. The molecule has 19 heavy (non-hydrogen) atoms. The topological polar surface area (TPSA) is 55.8 Å². The number of hydrogen-bond donors (Lipinski definition) is 2. The fourth-order valence-electron chi connectivity index (χ4n) is 2.56. The van der Waals surface area contributed by atoms with Crippen molar-refractivity contribution in [1.29, 1.82) is 0 Å². The number of likely N-dealkylation sites (N-methyl/N-ethyl adjacent to an activating group) is 1. The maximum Gasteiger partial charge on any atom is 0.236 e. The first kappa shape index (κ1) is 16.4. The van der Waals surface area contributed by atoms with Gasteiger partial charge >= 0.3 is 0 Å². The van der Waals surface area contributed by atoms with Crippen molar-refractivity contribution in [3.63, 3.8) is 0 Å². The van der Waals surface area contributed by atoms with Crippen molar-refractivity contribution in [1.82, 2.24) is 15.1 Å². The van der Waals surface area contributed by atoms with E-state index in [-0.39, 0.29) is 5.91 Å². The third kappa shape index (κ3) is 6.36. The molecule has 1 fully saturated rings. The summed E-state index contributed by atoms with van der Waals surface area (Å²) in [6, 6.07) is 0. The second kappa shape index (κ2) is 7.22. The highest BCUT2D eigenvalue weighted by molar-refractivity contribution is 5.78. The van der Waals surface area contributed by atoms with Gasteiger partial charge in [-0.15, -0.1) is 0 Å². The van der Waals surface area contributed by atoms with Gasteiger partial charge in [0.15, 0.2) is 0 Å². The first-order valence-corrected chi connectivity index (χ1v) is 7.19. The van der Waals surface area contributed by atoms with Crippen LogP contribution in [-0.2, 0) is 4.79 Å². The minimum Gasteiger partial charge on any atom is -0.389 e. The molecule has 0 bridgehead atoms. The van der Waals surface area contributed by atoms with Crippen molar-refractivity contribution >= 4 is 5.91 Å². The Bertz CT molecular complexity index is 284. The summed E-state index contributed by atoms with van der Waals surface area (Å²) in [4.78, 5) is 16.1. The molecule has 0 saturated carbocycles. The molecule has 5 nitrogen and oxygen atoms in total. The fourth-order valence-corrected chi connectivity index (χ4v) is 2.56. The third-order valence-electron chi connectivity index (χ3n) is 3.49. The molecule has 0 aromatic heterocycles. The van der Waals surface area contributed by atoms with Crippen LogP contribution in [0.2, 0.25) is 0 Å². The molecule has 1 unspecified atom stereocenters. The van der Waals surface area contributed by atoms with Crippen LogP contribution in [0.1, 0.15) is 27.2 Å².